The molecule has 0 bridgehead atoms. The van der Waals surface area contributed by atoms with Gasteiger partial charge in [0.15, 0.2) is 0 Å². The highest BCUT2D eigenvalue weighted by molar-refractivity contribution is 8.00. The normalized spacial score (nSPS) is 14.7. The molecule has 0 heterocycles. The Balaban J connectivity index is 1.72. The number of hydrogen-bond acceptors (Lipinski definition) is 5. The molecular weight excluding hydrogens is 440 g/mol. The van der Waals surface area contributed by atoms with Crippen molar-refractivity contribution in [2.24, 2.45) is 0 Å². The minimum Gasteiger partial charge on any atom is -0.478 e. The van der Waals surface area contributed by atoms with Crippen molar-refractivity contribution >= 4 is 26.7 Å². The van der Waals surface area contributed by atoms with Crippen LogP contribution in [0.25, 0.3) is 4.91 Å². The fraction of sp³-hybridized carbons (Fsp3) is 0.154. The molecule has 1 N–H and O–H groups in total. The maximum absolute atomic E-state index is 13.4. The van der Waals surface area contributed by atoms with Gasteiger partial charge < -0.3 is 9.84 Å². The van der Waals surface area contributed by atoms with E-state index in [-0.39, 0.29) is 32.1 Å². The van der Waals surface area contributed by atoms with Crippen LogP contribution in [-0.2, 0) is 15.3 Å². The van der Waals surface area contributed by atoms with Crippen LogP contribution in [0.4, 0.5) is 0 Å². The summed E-state index contributed by atoms with van der Waals surface area (Å²) in [7, 11) is -3.79. The minimum absolute atomic E-state index is 0.0757. The Morgan fingerprint density at radius 3 is 2.18 bits per heavy atom. The number of carboxylic acid groups (broad SMARTS) is 1. The average Bonchev–Trinajstić information content (AvgIpc) is 2.79. The molecule has 6 nitrogen and oxygen atoms in total. The molecule has 3 aromatic carbocycles. The van der Waals surface area contributed by atoms with Gasteiger partial charge >= 0.3 is 11.9 Å². The van der Waals surface area contributed by atoms with Gasteiger partial charge in [0.05, 0.1) is 20.9 Å². The number of carboxylic acids is 1. The van der Waals surface area contributed by atoms with E-state index in [2.05, 4.69) is 0 Å². The number of carbonyl (C=O) groups is 2. The molecule has 1 aliphatic carbocycles. The molecule has 0 atom stereocenters. The quantitative estimate of drug-likeness (QED) is 0.418. The van der Waals surface area contributed by atoms with E-state index < -0.39 is 21.8 Å². The molecule has 0 fully saturated rings. The zero-order valence-corrected chi connectivity index (χ0v) is 18.9. The Morgan fingerprint density at radius 2 is 1.55 bits per heavy atom. The number of ether oxygens (including phenoxy) is 1. The van der Waals surface area contributed by atoms with Crippen LogP contribution < -0.4 is 4.74 Å². The first-order chi connectivity index (χ1) is 15.6. The Kier molecular flexibility index (Phi) is 5.68. The number of allylic oxidation sites excluding steroid dienone is 1. The number of esters is 1. The fourth-order valence-corrected chi connectivity index (χ4v) is 5.38. The summed E-state index contributed by atoms with van der Waals surface area (Å²) in [5.74, 6) is -1.56. The van der Waals surface area contributed by atoms with Gasteiger partial charge in [-0.3, -0.25) is 0 Å². The number of rotatable bonds is 5. The number of fused-ring (bicyclic) bond motifs is 1. The van der Waals surface area contributed by atoms with E-state index in [4.69, 9.17) is 9.84 Å². The standard InChI is InChI=1S/C26H22O6S/c1-26(2)15-14-23(33(30,31)20-6-4-3-5-7-20)21-16-18(10-13-22(21)26)25(29)32-19-11-8-17(9-12-19)24(27)28/h3-14,16H,15H2,1-2H3,(H,27,28). The number of aromatic carboxylic acids is 1. The summed E-state index contributed by atoms with van der Waals surface area (Å²) in [5.41, 5.74) is 1.28. The third-order valence-electron chi connectivity index (χ3n) is 5.70. The Bertz CT molecular complexity index is 1370. The van der Waals surface area contributed by atoms with Gasteiger partial charge in [-0.2, -0.15) is 0 Å². The summed E-state index contributed by atoms with van der Waals surface area (Å²) in [6.07, 6.45) is 2.26. The maximum Gasteiger partial charge on any atom is 0.343 e. The van der Waals surface area contributed by atoms with Crippen molar-refractivity contribution in [3.05, 3.63) is 101 Å². The highest BCUT2D eigenvalue weighted by Crippen LogP contribution is 2.42. The van der Waals surface area contributed by atoms with Gasteiger partial charge in [-0.25, -0.2) is 18.0 Å². The van der Waals surface area contributed by atoms with Crippen LogP contribution in [0, 0.1) is 0 Å². The lowest BCUT2D eigenvalue weighted by Crippen LogP contribution is -2.24. The SMILES string of the molecule is CC1(C)CC=C(S(=O)(=O)c2ccccc2)c2cc(C(=O)Oc3ccc(C(=O)O)cc3)ccc21. The molecule has 3 aromatic rings. The van der Waals surface area contributed by atoms with E-state index in [1.807, 2.05) is 13.8 Å². The van der Waals surface area contributed by atoms with Gasteiger partial charge in [-0.15, -0.1) is 0 Å². The molecule has 0 amide bonds. The zero-order chi connectivity index (χ0) is 23.8. The molecular formula is C26H22O6S. The predicted molar refractivity (Wildman–Crippen MR) is 124 cm³/mol. The molecule has 0 saturated carbocycles. The lowest BCUT2D eigenvalue weighted by Gasteiger charge is -2.32. The Hall–Kier alpha value is -3.71. The van der Waals surface area contributed by atoms with Gasteiger partial charge in [0.1, 0.15) is 5.75 Å². The van der Waals surface area contributed by atoms with E-state index in [0.717, 1.165) is 5.56 Å². The van der Waals surface area contributed by atoms with Crippen LogP contribution in [0.3, 0.4) is 0 Å². The number of carbonyl (C=O) groups excluding carboxylic acids is 1. The Morgan fingerprint density at radius 1 is 0.909 bits per heavy atom. The molecule has 0 saturated heterocycles. The van der Waals surface area contributed by atoms with Crippen molar-refractivity contribution < 1.29 is 27.9 Å². The van der Waals surface area contributed by atoms with Crippen LogP contribution >= 0.6 is 0 Å². The van der Waals surface area contributed by atoms with Crippen molar-refractivity contribution in [3.8, 4) is 5.75 Å². The second kappa shape index (κ2) is 8.33. The van der Waals surface area contributed by atoms with E-state index in [1.54, 1.807) is 54.6 Å². The van der Waals surface area contributed by atoms with Gasteiger partial charge in [0.2, 0.25) is 9.84 Å². The van der Waals surface area contributed by atoms with E-state index in [9.17, 15) is 18.0 Å². The summed E-state index contributed by atoms with van der Waals surface area (Å²) in [5, 5.41) is 9.00. The highest BCUT2D eigenvalue weighted by Gasteiger charge is 2.34. The van der Waals surface area contributed by atoms with Crippen molar-refractivity contribution in [1.29, 1.82) is 0 Å². The second-order valence-electron chi connectivity index (χ2n) is 8.45. The molecule has 0 aromatic heterocycles. The number of hydrogen-bond donors (Lipinski definition) is 1. The minimum atomic E-state index is -3.79. The van der Waals surface area contributed by atoms with E-state index in [0.29, 0.717) is 12.0 Å². The molecule has 0 unspecified atom stereocenters. The molecule has 0 spiro atoms. The highest BCUT2D eigenvalue weighted by atomic mass is 32.2. The van der Waals surface area contributed by atoms with E-state index >= 15 is 0 Å². The first-order valence-corrected chi connectivity index (χ1v) is 11.8. The molecule has 7 heteroatoms. The van der Waals surface area contributed by atoms with Crippen LogP contribution in [0.1, 0.15) is 52.1 Å². The van der Waals surface area contributed by atoms with Crippen molar-refractivity contribution in [2.75, 3.05) is 0 Å². The van der Waals surface area contributed by atoms with Gasteiger partial charge in [0, 0.05) is 0 Å². The third kappa shape index (κ3) is 4.32. The molecule has 1 aliphatic rings. The molecule has 4 rings (SSSR count). The molecule has 0 radical (unpaired) electrons. The largest absolute Gasteiger partial charge is 0.478 e. The van der Waals surface area contributed by atoms with Crippen molar-refractivity contribution in [1.82, 2.24) is 0 Å². The summed E-state index contributed by atoms with van der Waals surface area (Å²) in [6, 6.07) is 18.6. The zero-order valence-electron chi connectivity index (χ0n) is 18.1. The first-order valence-electron chi connectivity index (χ1n) is 10.3. The average molecular weight is 463 g/mol. The molecule has 168 valence electrons. The molecule has 33 heavy (non-hydrogen) atoms. The summed E-state index contributed by atoms with van der Waals surface area (Å²) in [4.78, 5) is 24.2. The van der Waals surface area contributed by atoms with Crippen LogP contribution in [-0.4, -0.2) is 25.5 Å². The van der Waals surface area contributed by atoms with Crippen molar-refractivity contribution in [2.45, 2.75) is 30.6 Å². The fourth-order valence-electron chi connectivity index (χ4n) is 3.85. The first kappa shape index (κ1) is 22.5. The second-order valence-corrected chi connectivity index (χ2v) is 10.4. The number of benzene rings is 3. The predicted octanol–water partition coefficient (Wildman–Crippen LogP) is 5.10. The van der Waals surface area contributed by atoms with Crippen LogP contribution in [0.2, 0.25) is 0 Å². The summed E-state index contributed by atoms with van der Waals surface area (Å²) < 4.78 is 32.2. The van der Waals surface area contributed by atoms with Gasteiger partial charge in [0.25, 0.3) is 0 Å². The summed E-state index contributed by atoms with van der Waals surface area (Å²) in [6.45, 7) is 4.05. The molecule has 0 aliphatic heterocycles. The third-order valence-corrected chi connectivity index (χ3v) is 7.56. The Labute approximate surface area is 192 Å². The lowest BCUT2D eigenvalue weighted by molar-refractivity contribution is 0.0696. The van der Waals surface area contributed by atoms with Crippen molar-refractivity contribution in [3.63, 3.8) is 0 Å². The monoisotopic (exact) mass is 462 g/mol. The maximum atomic E-state index is 13.4. The van der Waals surface area contributed by atoms with Crippen LogP contribution in [0.15, 0.2) is 83.8 Å². The van der Waals surface area contributed by atoms with Crippen LogP contribution in [0.5, 0.6) is 5.75 Å². The van der Waals surface area contributed by atoms with Gasteiger partial charge in [-0.05, 0) is 71.5 Å². The van der Waals surface area contributed by atoms with E-state index in [1.165, 1.54) is 24.3 Å². The smallest absolute Gasteiger partial charge is 0.343 e. The lowest BCUT2D eigenvalue weighted by atomic mass is 9.75. The summed E-state index contributed by atoms with van der Waals surface area (Å²) >= 11 is 0. The topological polar surface area (TPSA) is 97.7 Å². The van der Waals surface area contributed by atoms with Gasteiger partial charge in [-0.1, -0.05) is 44.2 Å². The number of sulfone groups is 1.